The molecule has 2 rings (SSSR count). The van der Waals surface area contributed by atoms with Crippen molar-refractivity contribution >= 4 is 31.5 Å². The van der Waals surface area contributed by atoms with Crippen LogP contribution in [0.5, 0.6) is 0 Å². The van der Waals surface area contributed by atoms with Crippen molar-refractivity contribution in [3.8, 4) is 0 Å². The second-order valence-electron chi connectivity index (χ2n) is 7.60. The molecule has 0 saturated heterocycles. The number of urea groups is 1. The van der Waals surface area contributed by atoms with Gasteiger partial charge in [-0.05, 0) is 59.4 Å². The van der Waals surface area contributed by atoms with Crippen molar-refractivity contribution in [1.82, 2.24) is 0 Å². The molecule has 164 valence electrons. The standard InChI is InChI=1S/C20H26FN3O4S2/c1-12(2)17-10-14(21)11-18(13(3)4)19(17)23-20(25)24-30(22,28)16-8-6-15(7-9-16)29(5,26)27/h6-13H,1-5H3,(H3,22,23,24,25,28). The zero-order valence-electron chi connectivity index (χ0n) is 17.5. The van der Waals surface area contributed by atoms with Crippen LogP contribution in [0.25, 0.3) is 0 Å². The monoisotopic (exact) mass is 455 g/mol. The minimum absolute atomic E-state index is 0.0114. The highest BCUT2D eigenvalue weighted by Crippen LogP contribution is 2.33. The van der Waals surface area contributed by atoms with Gasteiger partial charge in [0.15, 0.2) is 9.84 Å². The molecule has 7 nitrogen and oxygen atoms in total. The normalized spacial score (nSPS) is 13.9. The number of benzene rings is 2. The molecule has 30 heavy (non-hydrogen) atoms. The van der Waals surface area contributed by atoms with Crippen LogP contribution in [-0.2, 0) is 19.8 Å². The predicted molar refractivity (Wildman–Crippen MR) is 116 cm³/mol. The van der Waals surface area contributed by atoms with Crippen LogP contribution in [0.1, 0.15) is 50.7 Å². The second kappa shape index (κ2) is 8.83. The highest BCUT2D eigenvalue weighted by molar-refractivity contribution is 7.92. The summed E-state index contributed by atoms with van der Waals surface area (Å²) in [5, 5.41) is 8.37. The van der Waals surface area contributed by atoms with Crippen LogP contribution in [-0.4, -0.2) is 24.9 Å². The third kappa shape index (κ3) is 5.65. The average molecular weight is 456 g/mol. The van der Waals surface area contributed by atoms with Crippen molar-refractivity contribution in [3.05, 3.63) is 53.3 Å². The lowest BCUT2D eigenvalue weighted by atomic mass is 9.92. The van der Waals surface area contributed by atoms with Gasteiger partial charge >= 0.3 is 6.03 Å². The van der Waals surface area contributed by atoms with Gasteiger partial charge in [-0.1, -0.05) is 27.7 Å². The van der Waals surface area contributed by atoms with E-state index in [1.54, 1.807) is 0 Å². The summed E-state index contributed by atoms with van der Waals surface area (Å²) < 4.78 is 53.5. The van der Waals surface area contributed by atoms with E-state index in [1.165, 1.54) is 36.4 Å². The summed E-state index contributed by atoms with van der Waals surface area (Å²) in [6.07, 6.45) is 1.04. The van der Waals surface area contributed by atoms with Crippen molar-refractivity contribution in [2.75, 3.05) is 11.6 Å². The van der Waals surface area contributed by atoms with Crippen molar-refractivity contribution in [3.63, 3.8) is 0 Å². The predicted octanol–water partition coefficient (Wildman–Crippen LogP) is 4.41. The number of hydrogen-bond donors (Lipinski definition) is 2. The van der Waals surface area contributed by atoms with Gasteiger partial charge in [-0.15, -0.1) is 4.36 Å². The maximum atomic E-state index is 14.0. The fourth-order valence-electron chi connectivity index (χ4n) is 2.89. The highest BCUT2D eigenvalue weighted by atomic mass is 32.2. The van der Waals surface area contributed by atoms with E-state index in [4.69, 9.17) is 5.14 Å². The molecule has 0 heterocycles. The summed E-state index contributed by atoms with van der Waals surface area (Å²) >= 11 is 0. The smallest absolute Gasteiger partial charge is 0.305 e. The van der Waals surface area contributed by atoms with E-state index in [1.807, 2.05) is 27.7 Å². The van der Waals surface area contributed by atoms with Crippen LogP contribution in [0.2, 0.25) is 0 Å². The van der Waals surface area contributed by atoms with Gasteiger partial charge < -0.3 is 5.32 Å². The molecule has 0 radical (unpaired) electrons. The molecule has 0 saturated carbocycles. The van der Waals surface area contributed by atoms with Crippen LogP contribution in [0.15, 0.2) is 50.6 Å². The molecule has 0 aliphatic carbocycles. The van der Waals surface area contributed by atoms with Crippen molar-refractivity contribution in [2.24, 2.45) is 9.50 Å². The first kappa shape index (κ1) is 24.0. The van der Waals surface area contributed by atoms with Crippen LogP contribution in [0.3, 0.4) is 0 Å². The Kier molecular flexibility index (Phi) is 7.05. The number of nitrogens with one attached hydrogen (secondary N) is 1. The molecule has 0 aromatic heterocycles. The van der Waals surface area contributed by atoms with E-state index >= 15 is 0 Å². The minimum atomic E-state index is -3.62. The van der Waals surface area contributed by atoms with Gasteiger partial charge in [-0.25, -0.2) is 27.0 Å². The van der Waals surface area contributed by atoms with E-state index in [0.717, 1.165) is 6.26 Å². The van der Waals surface area contributed by atoms with E-state index in [0.29, 0.717) is 16.8 Å². The Hall–Kier alpha value is -2.30. The zero-order valence-corrected chi connectivity index (χ0v) is 19.1. The molecule has 0 bridgehead atoms. The van der Waals surface area contributed by atoms with E-state index in [9.17, 15) is 21.8 Å². The molecule has 10 heteroatoms. The number of halogens is 1. The fraction of sp³-hybridized carbons (Fsp3) is 0.350. The quantitative estimate of drug-likeness (QED) is 0.694. The van der Waals surface area contributed by atoms with Gasteiger partial charge in [-0.3, -0.25) is 0 Å². The molecule has 2 aromatic rings. The number of amides is 2. The SMILES string of the molecule is CC(C)c1cc(F)cc(C(C)C)c1NC(=O)N=S(N)(=O)c1ccc(S(C)(=O)=O)cc1. The van der Waals surface area contributed by atoms with Gasteiger partial charge in [0.1, 0.15) is 15.7 Å². The van der Waals surface area contributed by atoms with Crippen molar-refractivity contribution in [1.29, 1.82) is 0 Å². The Labute approximate surface area is 177 Å². The van der Waals surface area contributed by atoms with Gasteiger partial charge in [-0.2, -0.15) is 0 Å². The fourth-order valence-corrected chi connectivity index (χ4v) is 4.45. The Balaban J connectivity index is 2.45. The summed E-state index contributed by atoms with van der Waals surface area (Å²) in [7, 11) is -7.05. The van der Waals surface area contributed by atoms with Gasteiger partial charge in [0, 0.05) is 11.9 Å². The number of sulfone groups is 1. The van der Waals surface area contributed by atoms with Crippen LogP contribution < -0.4 is 10.5 Å². The Morgan fingerprint density at radius 1 is 0.967 bits per heavy atom. The van der Waals surface area contributed by atoms with Crippen LogP contribution in [0.4, 0.5) is 14.9 Å². The number of carbonyl (C=O) groups excluding carboxylic acids is 1. The van der Waals surface area contributed by atoms with Crippen molar-refractivity contribution < 1.29 is 21.8 Å². The maximum absolute atomic E-state index is 14.0. The van der Waals surface area contributed by atoms with E-state index in [-0.39, 0.29) is 21.6 Å². The summed E-state index contributed by atoms with van der Waals surface area (Å²) in [4.78, 5) is 12.6. The van der Waals surface area contributed by atoms with Crippen LogP contribution in [0, 0.1) is 5.82 Å². The molecular weight excluding hydrogens is 429 g/mol. The molecule has 2 amide bonds. The van der Waals surface area contributed by atoms with Crippen molar-refractivity contribution in [2.45, 2.75) is 49.3 Å². The van der Waals surface area contributed by atoms with Gasteiger partial charge in [0.2, 0.25) is 0 Å². The number of hydrogen-bond acceptors (Lipinski definition) is 4. The number of anilines is 1. The average Bonchev–Trinajstić information content (AvgIpc) is 2.61. The Morgan fingerprint density at radius 2 is 1.40 bits per heavy atom. The summed E-state index contributed by atoms with van der Waals surface area (Å²) in [6, 6.07) is 6.76. The second-order valence-corrected chi connectivity index (χ2v) is 11.4. The topological polar surface area (TPSA) is 119 Å². The Bertz CT molecular complexity index is 1150. The number of nitrogens with zero attached hydrogens (tertiary/aromatic N) is 1. The summed E-state index contributed by atoms with van der Waals surface area (Å²) in [5.41, 5.74) is 1.59. The Morgan fingerprint density at radius 3 is 1.80 bits per heavy atom. The first-order chi connectivity index (χ1) is 13.7. The van der Waals surface area contributed by atoms with E-state index < -0.39 is 31.6 Å². The molecule has 0 spiro atoms. The molecule has 2 aromatic carbocycles. The number of nitrogens with two attached hydrogens (primary N) is 1. The summed E-state index contributed by atoms with van der Waals surface area (Å²) in [6.45, 7) is 7.45. The van der Waals surface area contributed by atoms with Gasteiger partial charge in [0.25, 0.3) is 0 Å². The third-order valence-electron chi connectivity index (χ3n) is 4.45. The first-order valence-electron chi connectivity index (χ1n) is 9.21. The highest BCUT2D eigenvalue weighted by Gasteiger charge is 2.19. The molecule has 0 aliphatic heterocycles. The molecule has 0 fully saturated rings. The minimum Gasteiger partial charge on any atom is -0.305 e. The number of carbonyl (C=O) groups is 1. The molecule has 1 unspecified atom stereocenters. The molecule has 0 aliphatic rings. The maximum Gasteiger partial charge on any atom is 0.354 e. The lowest BCUT2D eigenvalue weighted by Crippen LogP contribution is -2.19. The molecule has 1 atom stereocenters. The largest absolute Gasteiger partial charge is 0.354 e. The summed E-state index contributed by atoms with van der Waals surface area (Å²) in [5.74, 6) is -0.579. The molecular formula is C20H26FN3O4S2. The molecule has 3 N–H and O–H groups in total. The number of rotatable bonds is 5. The van der Waals surface area contributed by atoms with Crippen LogP contribution >= 0.6 is 0 Å². The zero-order chi connectivity index (χ0) is 22.9. The lowest BCUT2D eigenvalue weighted by Gasteiger charge is -2.20. The van der Waals surface area contributed by atoms with E-state index in [2.05, 4.69) is 9.68 Å². The lowest BCUT2D eigenvalue weighted by molar-refractivity contribution is 0.260. The first-order valence-corrected chi connectivity index (χ1v) is 12.7. The van der Waals surface area contributed by atoms with Gasteiger partial charge in [0.05, 0.1) is 9.79 Å². The third-order valence-corrected chi connectivity index (χ3v) is 6.96.